The van der Waals surface area contributed by atoms with E-state index < -0.39 is 0 Å². The Labute approximate surface area is 206 Å². The summed E-state index contributed by atoms with van der Waals surface area (Å²) in [7, 11) is 0. The molecule has 0 radical (unpaired) electrons. The van der Waals surface area contributed by atoms with E-state index in [1.165, 1.54) is 11.3 Å². The van der Waals surface area contributed by atoms with Gasteiger partial charge in [-0.2, -0.15) is 11.8 Å². The molecular formula is C24H22Cl2N2O2S2. The van der Waals surface area contributed by atoms with Gasteiger partial charge in [-0.1, -0.05) is 53.5 Å². The molecule has 2 N–H and O–H groups in total. The third-order valence-electron chi connectivity index (χ3n) is 4.55. The van der Waals surface area contributed by atoms with Crippen LogP contribution >= 0.6 is 46.3 Å². The van der Waals surface area contributed by atoms with Gasteiger partial charge < -0.3 is 10.6 Å². The number of thioether (sulfide) groups is 1. The first-order valence-corrected chi connectivity index (χ1v) is 12.7. The Balaban J connectivity index is 1.59. The number of hydrogen-bond donors (Lipinski definition) is 2. The second-order valence-corrected chi connectivity index (χ2v) is 9.75. The molecule has 3 aromatic rings. The Bertz CT molecular complexity index is 1090. The maximum absolute atomic E-state index is 12.8. The van der Waals surface area contributed by atoms with Crippen molar-refractivity contribution in [2.75, 3.05) is 12.3 Å². The largest absolute Gasteiger partial charge is 0.350 e. The van der Waals surface area contributed by atoms with Crippen molar-refractivity contribution < 1.29 is 9.59 Å². The number of benzene rings is 2. The van der Waals surface area contributed by atoms with E-state index in [-0.39, 0.29) is 17.5 Å². The van der Waals surface area contributed by atoms with Crippen molar-refractivity contribution in [1.29, 1.82) is 0 Å². The lowest BCUT2D eigenvalue weighted by Gasteiger charge is -2.12. The molecule has 0 aliphatic carbocycles. The fraction of sp³-hybridized carbons (Fsp3) is 0.167. The highest BCUT2D eigenvalue weighted by molar-refractivity contribution is 7.98. The van der Waals surface area contributed by atoms with E-state index in [1.807, 2.05) is 54.8 Å². The molecule has 8 heteroatoms. The van der Waals surface area contributed by atoms with E-state index in [2.05, 4.69) is 10.6 Å². The Hall–Kier alpha value is -2.25. The van der Waals surface area contributed by atoms with Gasteiger partial charge >= 0.3 is 0 Å². The highest BCUT2D eigenvalue weighted by atomic mass is 35.5. The third-order valence-corrected chi connectivity index (χ3v) is 7.07. The maximum atomic E-state index is 12.8. The van der Waals surface area contributed by atoms with Crippen LogP contribution in [0.3, 0.4) is 0 Å². The van der Waals surface area contributed by atoms with Gasteiger partial charge in [0.25, 0.3) is 11.8 Å². The van der Waals surface area contributed by atoms with Crippen molar-refractivity contribution in [1.82, 2.24) is 10.6 Å². The van der Waals surface area contributed by atoms with Crippen LogP contribution in [0.2, 0.25) is 10.0 Å². The second-order valence-electron chi connectivity index (χ2n) is 6.85. The van der Waals surface area contributed by atoms with Crippen molar-refractivity contribution in [3.8, 4) is 0 Å². The molecule has 166 valence electrons. The zero-order valence-electron chi connectivity index (χ0n) is 17.4. The van der Waals surface area contributed by atoms with Gasteiger partial charge in [0.1, 0.15) is 5.70 Å². The lowest BCUT2D eigenvalue weighted by Crippen LogP contribution is -2.36. The first-order valence-electron chi connectivity index (χ1n) is 9.86. The monoisotopic (exact) mass is 504 g/mol. The van der Waals surface area contributed by atoms with Crippen LogP contribution in [-0.4, -0.2) is 24.1 Å². The van der Waals surface area contributed by atoms with Gasteiger partial charge in [0.2, 0.25) is 0 Å². The van der Waals surface area contributed by atoms with Crippen LogP contribution in [0.4, 0.5) is 0 Å². The van der Waals surface area contributed by atoms with E-state index in [0.29, 0.717) is 33.7 Å². The van der Waals surface area contributed by atoms with Crippen LogP contribution in [0.25, 0.3) is 6.08 Å². The average Bonchev–Trinajstić information content (AvgIpc) is 3.28. The zero-order valence-corrected chi connectivity index (χ0v) is 20.5. The van der Waals surface area contributed by atoms with Gasteiger partial charge in [-0.25, -0.2) is 0 Å². The first kappa shape index (κ1) is 24.4. The predicted molar refractivity (Wildman–Crippen MR) is 137 cm³/mol. The molecule has 2 amide bonds. The fourth-order valence-corrected chi connectivity index (χ4v) is 5.12. The molecule has 0 aliphatic heterocycles. The fourth-order valence-electron chi connectivity index (χ4n) is 2.87. The summed E-state index contributed by atoms with van der Waals surface area (Å²) < 4.78 is 0. The summed E-state index contributed by atoms with van der Waals surface area (Å²) in [6.45, 7) is 2.30. The number of carbonyl (C=O) groups excluding carboxylic acids is 2. The first-order chi connectivity index (χ1) is 15.5. The van der Waals surface area contributed by atoms with Crippen molar-refractivity contribution in [3.63, 3.8) is 0 Å². The normalized spacial score (nSPS) is 11.3. The summed E-state index contributed by atoms with van der Waals surface area (Å²) in [5.74, 6) is 0.669. The lowest BCUT2D eigenvalue weighted by atomic mass is 10.1. The quantitative estimate of drug-likeness (QED) is 0.270. The molecule has 0 aliphatic rings. The van der Waals surface area contributed by atoms with Crippen molar-refractivity contribution in [3.05, 3.63) is 97.3 Å². The van der Waals surface area contributed by atoms with Crippen LogP contribution < -0.4 is 10.6 Å². The molecule has 2 aromatic carbocycles. The van der Waals surface area contributed by atoms with Crippen LogP contribution in [0.5, 0.6) is 0 Å². The molecule has 0 atom stereocenters. The molecule has 1 aromatic heterocycles. The Morgan fingerprint density at radius 3 is 2.47 bits per heavy atom. The van der Waals surface area contributed by atoms with E-state index in [0.717, 1.165) is 16.0 Å². The Morgan fingerprint density at radius 1 is 1.03 bits per heavy atom. The van der Waals surface area contributed by atoms with Crippen LogP contribution in [0, 0.1) is 6.92 Å². The third kappa shape index (κ3) is 6.87. The van der Waals surface area contributed by atoms with Gasteiger partial charge in [0.05, 0.1) is 0 Å². The SMILES string of the molecule is Cc1ccccc1C(=O)N/C(=C\c1cccs1)C(=O)NCCSCc1c(Cl)cccc1Cl. The smallest absolute Gasteiger partial charge is 0.267 e. The highest BCUT2D eigenvalue weighted by Gasteiger charge is 2.16. The minimum Gasteiger partial charge on any atom is -0.350 e. The van der Waals surface area contributed by atoms with Gasteiger partial charge in [-0.05, 0) is 53.8 Å². The summed E-state index contributed by atoms with van der Waals surface area (Å²) in [5.41, 5.74) is 2.47. The molecule has 3 rings (SSSR count). The number of nitrogens with one attached hydrogen (secondary N) is 2. The number of carbonyl (C=O) groups is 2. The van der Waals surface area contributed by atoms with Gasteiger partial charge in [0.15, 0.2) is 0 Å². The zero-order chi connectivity index (χ0) is 22.9. The number of thiophene rings is 1. The predicted octanol–water partition coefficient (Wildman–Crippen LogP) is 6.18. The maximum Gasteiger partial charge on any atom is 0.267 e. The van der Waals surface area contributed by atoms with Crippen LogP contribution in [0.1, 0.15) is 26.4 Å². The van der Waals surface area contributed by atoms with E-state index in [4.69, 9.17) is 23.2 Å². The summed E-state index contributed by atoms with van der Waals surface area (Å²) in [4.78, 5) is 26.4. The number of halogens is 2. The topological polar surface area (TPSA) is 58.2 Å². The van der Waals surface area contributed by atoms with Crippen LogP contribution in [-0.2, 0) is 10.5 Å². The molecule has 1 heterocycles. The van der Waals surface area contributed by atoms with Gasteiger partial charge in [-0.15, -0.1) is 11.3 Å². The molecule has 32 heavy (non-hydrogen) atoms. The number of amides is 2. The number of rotatable bonds is 9. The van der Waals surface area contributed by atoms with Crippen LogP contribution in [0.15, 0.2) is 65.7 Å². The van der Waals surface area contributed by atoms with E-state index >= 15 is 0 Å². The van der Waals surface area contributed by atoms with Crippen molar-refractivity contribution in [2.24, 2.45) is 0 Å². The molecule has 0 saturated carbocycles. The van der Waals surface area contributed by atoms with Gasteiger partial charge in [-0.3, -0.25) is 9.59 Å². The molecule has 0 unspecified atom stereocenters. The highest BCUT2D eigenvalue weighted by Crippen LogP contribution is 2.28. The number of aryl methyl sites for hydroxylation is 1. The van der Waals surface area contributed by atoms with Crippen molar-refractivity contribution in [2.45, 2.75) is 12.7 Å². The molecule has 0 spiro atoms. The molecule has 0 saturated heterocycles. The lowest BCUT2D eigenvalue weighted by molar-refractivity contribution is -0.117. The summed E-state index contributed by atoms with van der Waals surface area (Å²) in [5, 5.41) is 8.83. The van der Waals surface area contributed by atoms with E-state index in [9.17, 15) is 9.59 Å². The number of hydrogen-bond acceptors (Lipinski definition) is 4. The summed E-state index contributed by atoms with van der Waals surface area (Å²) in [6.07, 6.45) is 1.69. The average molecular weight is 505 g/mol. The van der Waals surface area contributed by atoms with Gasteiger partial charge in [0, 0.05) is 38.5 Å². The van der Waals surface area contributed by atoms with E-state index in [1.54, 1.807) is 30.0 Å². The molecule has 0 bridgehead atoms. The standard InChI is InChI=1S/C24H22Cl2N2O2S2/c1-16-6-2-3-8-18(16)23(29)28-22(14-17-7-5-12-32-17)24(30)27-11-13-31-15-19-20(25)9-4-10-21(19)26/h2-10,12,14H,11,13,15H2,1H3,(H,27,30)(H,28,29)/b22-14-. The summed E-state index contributed by atoms with van der Waals surface area (Å²) in [6, 6.07) is 16.5. The Kier molecular flexibility index (Phi) is 9.23. The molecule has 4 nitrogen and oxygen atoms in total. The van der Waals surface area contributed by atoms with Crippen molar-refractivity contribution >= 4 is 64.2 Å². The Morgan fingerprint density at radius 2 is 1.78 bits per heavy atom. The molecular weight excluding hydrogens is 483 g/mol. The second kappa shape index (κ2) is 12.1. The molecule has 0 fully saturated rings. The minimum absolute atomic E-state index is 0.208. The summed E-state index contributed by atoms with van der Waals surface area (Å²) >= 11 is 15.5. The minimum atomic E-state index is -0.336.